The molecule has 0 saturated carbocycles. The predicted molar refractivity (Wildman–Crippen MR) is 79.5 cm³/mol. The fourth-order valence-corrected chi connectivity index (χ4v) is 2.40. The summed E-state index contributed by atoms with van der Waals surface area (Å²) < 4.78 is 5.21. The Morgan fingerprint density at radius 1 is 1.10 bits per heavy atom. The molecule has 100 valence electrons. The zero-order valence-electron chi connectivity index (χ0n) is 11.4. The number of H-pyrrole nitrogens is 1. The van der Waals surface area contributed by atoms with Gasteiger partial charge in [-0.3, -0.25) is 4.79 Å². The third kappa shape index (κ3) is 1.97. The van der Waals surface area contributed by atoms with E-state index in [1.807, 2.05) is 55.5 Å². The lowest BCUT2D eigenvalue weighted by atomic mass is 10.0. The van der Waals surface area contributed by atoms with Gasteiger partial charge in [-0.15, -0.1) is 0 Å². The number of rotatable bonds is 3. The normalized spacial score (nSPS) is 10.7. The minimum atomic E-state index is 0.0123. The summed E-state index contributed by atoms with van der Waals surface area (Å²) in [7, 11) is 1.63. The molecule has 1 N–H and O–H groups in total. The summed E-state index contributed by atoms with van der Waals surface area (Å²) in [6.45, 7) is 1.96. The SMILES string of the molecule is COc1ccc2c(C)c(C(=O)c3ccccc3)[nH]c2c1. The van der Waals surface area contributed by atoms with E-state index in [2.05, 4.69) is 4.98 Å². The van der Waals surface area contributed by atoms with E-state index >= 15 is 0 Å². The van der Waals surface area contributed by atoms with Crippen LogP contribution in [-0.4, -0.2) is 17.9 Å². The molecule has 0 amide bonds. The zero-order chi connectivity index (χ0) is 14.1. The Kier molecular flexibility index (Phi) is 3.03. The number of aryl methyl sites for hydroxylation is 1. The minimum absolute atomic E-state index is 0.0123. The van der Waals surface area contributed by atoms with Crippen molar-refractivity contribution in [3.05, 3.63) is 65.4 Å². The number of methoxy groups -OCH3 is 1. The summed E-state index contributed by atoms with van der Waals surface area (Å²) in [5.74, 6) is 0.788. The van der Waals surface area contributed by atoms with E-state index in [9.17, 15) is 4.79 Å². The molecular weight excluding hydrogens is 250 g/mol. The number of carbonyl (C=O) groups is 1. The first-order valence-electron chi connectivity index (χ1n) is 6.47. The second-order valence-electron chi connectivity index (χ2n) is 4.73. The molecule has 3 nitrogen and oxygen atoms in total. The van der Waals surface area contributed by atoms with Gasteiger partial charge >= 0.3 is 0 Å². The average molecular weight is 265 g/mol. The van der Waals surface area contributed by atoms with Crippen molar-refractivity contribution in [2.24, 2.45) is 0 Å². The molecule has 3 aromatic rings. The summed E-state index contributed by atoms with van der Waals surface area (Å²) >= 11 is 0. The van der Waals surface area contributed by atoms with Crippen LogP contribution in [0.3, 0.4) is 0 Å². The van der Waals surface area contributed by atoms with Gasteiger partial charge in [0.2, 0.25) is 5.78 Å². The molecule has 2 aromatic carbocycles. The third-order valence-corrected chi connectivity index (χ3v) is 3.53. The van der Waals surface area contributed by atoms with Crippen molar-refractivity contribution in [3.8, 4) is 5.75 Å². The van der Waals surface area contributed by atoms with E-state index in [0.717, 1.165) is 22.2 Å². The van der Waals surface area contributed by atoms with Crippen LogP contribution in [0.4, 0.5) is 0 Å². The van der Waals surface area contributed by atoms with E-state index in [-0.39, 0.29) is 5.78 Å². The van der Waals surface area contributed by atoms with Gasteiger partial charge in [0.05, 0.1) is 12.8 Å². The molecular formula is C17H15NO2. The van der Waals surface area contributed by atoms with Crippen molar-refractivity contribution in [2.75, 3.05) is 7.11 Å². The number of ketones is 1. The quantitative estimate of drug-likeness (QED) is 0.733. The van der Waals surface area contributed by atoms with Gasteiger partial charge in [-0.05, 0) is 24.6 Å². The number of hydrogen-bond donors (Lipinski definition) is 1. The fourth-order valence-electron chi connectivity index (χ4n) is 2.40. The largest absolute Gasteiger partial charge is 0.497 e. The molecule has 0 aliphatic carbocycles. The minimum Gasteiger partial charge on any atom is -0.497 e. The van der Waals surface area contributed by atoms with Gasteiger partial charge in [-0.2, -0.15) is 0 Å². The van der Waals surface area contributed by atoms with Crippen molar-refractivity contribution in [1.29, 1.82) is 0 Å². The Morgan fingerprint density at radius 2 is 1.85 bits per heavy atom. The molecule has 0 atom stereocenters. The average Bonchev–Trinajstić information content (AvgIpc) is 2.84. The van der Waals surface area contributed by atoms with Crippen molar-refractivity contribution in [3.63, 3.8) is 0 Å². The Labute approximate surface area is 117 Å². The maximum Gasteiger partial charge on any atom is 0.209 e. The number of aromatic amines is 1. The zero-order valence-corrected chi connectivity index (χ0v) is 11.4. The Balaban J connectivity index is 2.12. The molecule has 0 aliphatic heterocycles. The molecule has 0 fully saturated rings. The summed E-state index contributed by atoms with van der Waals surface area (Å²) in [6.07, 6.45) is 0. The summed E-state index contributed by atoms with van der Waals surface area (Å²) in [5, 5.41) is 1.05. The maximum absolute atomic E-state index is 12.5. The molecule has 0 saturated heterocycles. The molecule has 0 bridgehead atoms. The first kappa shape index (κ1) is 12.5. The second-order valence-corrected chi connectivity index (χ2v) is 4.73. The molecule has 0 spiro atoms. The maximum atomic E-state index is 12.5. The van der Waals surface area contributed by atoms with Crippen LogP contribution >= 0.6 is 0 Å². The Morgan fingerprint density at radius 3 is 2.55 bits per heavy atom. The van der Waals surface area contributed by atoms with Gasteiger partial charge in [-0.1, -0.05) is 30.3 Å². The van der Waals surface area contributed by atoms with Crippen molar-refractivity contribution in [1.82, 2.24) is 4.98 Å². The highest BCUT2D eigenvalue weighted by Crippen LogP contribution is 2.26. The highest BCUT2D eigenvalue weighted by atomic mass is 16.5. The van der Waals surface area contributed by atoms with Crippen LogP contribution < -0.4 is 4.74 Å². The molecule has 1 heterocycles. The third-order valence-electron chi connectivity index (χ3n) is 3.53. The fraction of sp³-hybridized carbons (Fsp3) is 0.118. The highest BCUT2D eigenvalue weighted by molar-refractivity contribution is 6.11. The molecule has 3 rings (SSSR count). The van der Waals surface area contributed by atoms with E-state index in [1.165, 1.54) is 0 Å². The summed E-state index contributed by atoms with van der Waals surface area (Å²) in [6, 6.07) is 15.1. The summed E-state index contributed by atoms with van der Waals surface area (Å²) in [5.41, 5.74) is 3.21. The van der Waals surface area contributed by atoms with Gasteiger partial charge in [0, 0.05) is 22.5 Å². The van der Waals surface area contributed by atoms with Crippen molar-refractivity contribution >= 4 is 16.7 Å². The van der Waals surface area contributed by atoms with Gasteiger partial charge < -0.3 is 9.72 Å². The van der Waals surface area contributed by atoms with E-state index in [1.54, 1.807) is 7.11 Å². The summed E-state index contributed by atoms with van der Waals surface area (Å²) in [4.78, 5) is 15.7. The van der Waals surface area contributed by atoms with Crippen LogP contribution in [0.25, 0.3) is 10.9 Å². The van der Waals surface area contributed by atoms with Gasteiger partial charge in [0.15, 0.2) is 0 Å². The van der Waals surface area contributed by atoms with Crippen molar-refractivity contribution in [2.45, 2.75) is 6.92 Å². The number of carbonyl (C=O) groups excluding carboxylic acids is 1. The van der Waals surface area contributed by atoms with E-state index < -0.39 is 0 Å². The predicted octanol–water partition coefficient (Wildman–Crippen LogP) is 3.72. The van der Waals surface area contributed by atoms with E-state index in [0.29, 0.717) is 11.3 Å². The lowest BCUT2D eigenvalue weighted by molar-refractivity contribution is 0.103. The molecule has 0 aliphatic rings. The first-order chi connectivity index (χ1) is 9.70. The number of benzene rings is 2. The molecule has 0 unspecified atom stereocenters. The van der Waals surface area contributed by atoms with Gasteiger partial charge in [0.25, 0.3) is 0 Å². The van der Waals surface area contributed by atoms with Crippen LogP contribution in [0, 0.1) is 6.92 Å². The highest BCUT2D eigenvalue weighted by Gasteiger charge is 2.16. The van der Waals surface area contributed by atoms with Crippen LogP contribution in [-0.2, 0) is 0 Å². The molecule has 0 radical (unpaired) electrons. The Hall–Kier alpha value is -2.55. The smallest absolute Gasteiger partial charge is 0.209 e. The van der Waals surface area contributed by atoms with Crippen LogP contribution in [0.5, 0.6) is 5.75 Å². The lowest BCUT2D eigenvalue weighted by Crippen LogP contribution is -2.02. The standard InChI is InChI=1S/C17H15NO2/c1-11-14-9-8-13(20-2)10-15(14)18-16(11)17(19)12-6-4-3-5-7-12/h3-10,18H,1-2H3. The van der Waals surface area contributed by atoms with Gasteiger partial charge in [0.1, 0.15) is 5.75 Å². The van der Waals surface area contributed by atoms with Crippen LogP contribution in [0.1, 0.15) is 21.6 Å². The van der Waals surface area contributed by atoms with Crippen LogP contribution in [0.15, 0.2) is 48.5 Å². The molecule has 20 heavy (non-hydrogen) atoms. The Bertz CT molecular complexity index is 772. The van der Waals surface area contributed by atoms with Gasteiger partial charge in [-0.25, -0.2) is 0 Å². The number of nitrogens with one attached hydrogen (secondary N) is 1. The number of hydrogen-bond acceptors (Lipinski definition) is 2. The van der Waals surface area contributed by atoms with Crippen molar-refractivity contribution < 1.29 is 9.53 Å². The van der Waals surface area contributed by atoms with E-state index in [4.69, 9.17) is 4.74 Å². The topological polar surface area (TPSA) is 42.1 Å². The molecule has 1 aromatic heterocycles. The number of fused-ring (bicyclic) bond motifs is 1. The first-order valence-corrected chi connectivity index (χ1v) is 6.47. The molecule has 3 heteroatoms. The number of aromatic nitrogens is 1. The number of ether oxygens (including phenoxy) is 1. The van der Waals surface area contributed by atoms with Crippen LogP contribution in [0.2, 0.25) is 0 Å². The lowest BCUT2D eigenvalue weighted by Gasteiger charge is -1.99. The monoisotopic (exact) mass is 265 g/mol. The second kappa shape index (κ2) is 4.85.